The lowest BCUT2D eigenvalue weighted by atomic mass is 10.2. The van der Waals surface area contributed by atoms with Crippen molar-refractivity contribution in [3.63, 3.8) is 0 Å². The molecule has 0 aliphatic rings. The number of ketones is 1. The maximum absolute atomic E-state index is 12.2. The summed E-state index contributed by atoms with van der Waals surface area (Å²) in [7, 11) is 0. The maximum Gasteiger partial charge on any atom is 0.212 e. The van der Waals surface area contributed by atoms with Gasteiger partial charge in [0.1, 0.15) is 0 Å². The van der Waals surface area contributed by atoms with Crippen LogP contribution in [0.3, 0.4) is 0 Å². The number of carbonyl (C=O) groups is 1. The molecule has 2 heterocycles. The Balaban J connectivity index is 2.38. The van der Waals surface area contributed by atoms with Gasteiger partial charge >= 0.3 is 0 Å². The molecule has 0 aromatic carbocycles. The van der Waals surface area contributed by atoms with Crippen molar-refractivity contribution in [1.29, 1.82) is 0 Å². The van der Waals surface area contributed by atoms with Crippen LogP contribution in [-0.4, -0.2) is 5.78 Å². The van der Waals surface area contributed by atoms with Crippen molar-refractivity contribution in [2.24, 2.45) is 0 Å². The molecule has 0 bridgehead atoms. The molecule has 0 amide bonds. The highest BCUT2D eigenvalue weighted by atomic mass is 79.9. The number of hydrogen-bond donors (Lipinski definition) is 0. The molecular weight excluding hydrogens is 372 g/mol. The summed E-state index contributed by atoms with van der Waals surface area (Å²) in [6.07, 6.45) is 0. The Kier molecular flexibility index (Phi) is 3.69. The summed E-state index contributed by atoms with van der Waals surface area (Å²) in [5, 5.41) is 0. The normalized spacial score (nSPS) is 10.8. The van der Waals surface area contributed by atoms with Crippen molar-refractivity contribution >= 4 is 60.3 Å². The minimum Gasteiger partial charge on any atom is -0.287 e. The summed E-state index contributed by atoms with van der Waals surface area (Å²) in [6, 6.07) is 3.86. The third kappa shape index (κ3) is 2.32. The quantitative estimate of drug-likeness (QED) is 0.656. The molecular formula is C11H8Br2OS2. The summed E-state index contributed by atoms with van der Waals surface area (Å²) in [5.41, 5.74) is 2.22. The first-order valence-corrected chi connectivity index (χ1v) is 7.77. The van der Waals surface area contributed by atoms with Crippen LogP contribution in [0.25, 0.3) is 0 Å². The number of thiophene rings is 2. The predicted molar refractivity (Wildman–Crippen MR) is 76.9 cm³/mol. The lowest BCUT2D eigenvalue weighted by Gasteiger charge is -1.90. The molecule has 0 spiro atoms. The average molecular weight is 380 g/mol. The van der Waals surface area contributed by atoms with Gasteiger partial charge in [-0.1, -0.05) is 0 Å². The van der Waals surface area contributed by atoms with E-state index in [9.17, 15) is 4.79 Å². The second kappa shape index (κ2) is 4.72. The third-order valence-electron chi connectivity index (χ3n) is 2.16. The van der Waals surface area contributed by atoms with Gasteiger partial charge in [0.25, 0.3) is 0 Å². The molecule has 84 valence electrons. The van der Waals surface area contributed by atoms with Gasteiger partial charge in [0.15, 0.2) is 0 Å². The van der Waals surface area contributed by atoms with Crippen LogP contribution in [0.5, 0.6) is 0 Å². The minimum absolute atomic E-state index is 0.109. The smallest absolute Gasteiger partial charge is 0.212 e. The second-order valence-electron chi connectivity index (χ2n) is 3.46. The molecule has 1 nitrogen and oxygen atoms in total. The largest absolute Gasteiger partial charge is 0.287 e. The van der Waals surface area contributed by atoms with E-state index < -0.39 is 0 Å². The molecule has 2 aromatic rings. The van der Waals surface area contributed by atoms with E-state index in [-0.39, 0.29) is 5.78 Å². The molecule has 0 aliphatic heterocycles. The van der Waals surface area contributed by atoms with Gasteiger partial charge in [0.2, 0.25) is 5.78 Å². The van der Waals surface area contributed by atoms with E-state index in [1.165, 1.54) is 22.7 Å². The van der Waals surface area contributed by atoms with Crippen molar-refractivity contribution in [3.8, 4) is 0 Å². The van der Waals surface area contributed by atoms with Crippen molar-refractivity contribution < 1.29 is 4.79 Å². The fraction of sp³-hybridized carbons (Fsp3) is 0.182. The number of rotatable bonds is 2. The molecule has 0 N–H and O–H groups in total. The van der Waals surface area contributed by atoms with Gasteiger partial charge in [-0.15, -0.1) is 22.7 Å². The van der Waals surface area contributed by atoms with E-state index in [4.69, 9.17) is 0 Å². The second-order valence-corrected chi connectivity index (χ2v) is 8.20. The van der Waals surface area contributed by atoms with E-state index in [0.717, 1.165) is 28.5 Å². The van der Waals surface area contributed by atoms with Gasteiger partial charge in [-0.05, 0) is 69.0 Å². The molecule has 0 atom stereocenters. The van der Waals surface area contributed by atoms with Gasteiger partial charge in [-0.2, -0.15) is 0 Å². The van der Waals surface area contributed by atoms with Gasteiger partial charge in [-0.3, -0.25) is 4.79 Å². The monoisotopic (exact) mass is 378 g/mol. The molecule has 5 heteroatoms. The summed E-state index contributed by atoms with van der Waals surface area (Å²) < 4.78 is 2.06. The molecule has 2 aromatic heterocycles. The third-order valence-corrected chi connectivity index (χ3v) is 6.43. The van der Waals surface area contributed by atoms with Crippen molar-refractivity contribution in [2.45, 2.75) is 13.8 Å². The zero-order chi connectivity index (χ0) is 11.9. The Morgan fingerprint density at radius 2 is 1.38 bits per heavy atom. The summed E-state index contributed by atoms with van der Waals surface area (Å²) in [5.74, 6) is 0.109. The molecule has 0 saturated carbocycles. The van der Waals surface area contributed by atoms with Gasteiger partial charge < -0.3 is 0 Å². The summed E-state index contributed by atoms with van der Waals surface area (Å²) >= 11 is 9.86. The number of aryl methyl sites for hydroxylation is 2. The molecule has 0 aliphatic carbocycles. The minimum atomic E-state index is 0.109. The van der Waals surface area contributed by atoms with Crippen LogP contribution in [0, 0.1) is 13.8 Å². The molecule has 16 heavy (non-hydrogen) atoms. The Bertz CT molecular complexity index is 467. The molecule has 0 radical (unpaired) electrons. The molecule has 0 saturated heterocycles. The zero-order valence-corrected chi connectivity index (χ0v) is 13.4. The Hall–Kier alpha value is 0.0300. The topological polar surface area (TPSA) is 17.1 Å². The van der Waals surface area contributed by atoms with Crippen LogP contribution < -0.4 is 0 Å². The van der Waals surface area contributed by atoms with Gasteiger partial charge in [0, 0.05) is 0 Å². The van der Waals surface area contributed by atoms with Gasteiger partial charge in [-0.25, -0.2) is 0 Å². The summed E-state index contributed by atoms with van der Waals surface area (Å²) in [4.78, 5) is 13.7. The summed E-state index contributed by atoms with van der Waals surface area (Å²) in [6.45, 7) is 3.99. The van der Waals surface area contributed by atoms with Crippen LogP contribution in [0.4, 0.5) is 0 Å². The maximum atomic E-state index is 12.2. The van der Waals surface area contributed by atoms with Crippen molar-refractivity contribution in [1.82, 2.24) is 0 Å². The van der Waals surface area contributed by atoms with Crippen LogP contribution >= 0.6 is 54.5 Å². The number of halogens is 2. The Morgan fingerprint density at radius 3 is 1.62 bits per heavy atom. The first kappa shape index (κ1) is 12.5. The molecule has 0 unspecified atom stereocenters. The van der Waals surface area contributed by atoms with Gasteiger partial charge in [0.05, 0.1) is 17.3 Å². The number of carbonyl (C=O) groups excluding carboxylic acids is 1. The first-order chi connectivity index (χ1) is 7.49. The predicted octanol–water partition coefficient (Wildman–Crippen LogP) is 5.18. The van der Waals surface area contributed by atoms with Crippen LogP contribution in [0.2, 0.25) is 0 Å². The highest BCUT2D eigenvalue weighted by Gasteiger charge is 2.16. The van der Waals surface area contributed by atoms with Crippen LogP contribution in [0.15, 0.2) is 19.7 Å². The van der Waals surface area contributed by atoms with Crippen LogP contribution in [0.1, 0.15) is 25.7 Å². The molecule has 0 fully saturated rings. The lowest BCUT2D eigenvalue weighted by Crippen LogP contribution is -1.94. The Morgan fingerprint density at radius 1 is 1.00 bits per heavy atom. The number of hydrogen-bond acceptors (Lipinski definition) is 3. The van der Waals surface area contributed by atoms with E-state index in [2.05, 4.69) is 31.9 Å². The lowest BCUT2D eigenvalue weighted by molar-refractivity contribution is 0.104. The SMILES string of the molecule is Cc1cc(C(=O)c2cc(C)c(Br)s2)sc1Br. The van der Waals surface area contributed by atoms with Crippen molar-refractivity contribution in [3.05, 3.63) is 40.6 Å². The standard InChI is InChI=1S/C11H8Br2OS2/c1-5-3-7(15-10(5)12)9(14)8-4-6(2)11(13)16-8/h3-4H,1-2H3. The van der Waals surface area contributed by atoms with E-state index in [1.807, 2.05) is 26.0 Å². The Labute approximate surface area is 119 Å². The van der Waals surface area contributed by atoms with E-state index in [1.54, 1.807) is 0 Å². The van der Waals surface area contributed by atoms with Crippen LogP contribution in [-0.2, 0) is 0 Å². The first-order valence-electron chi connectivity index (χ1n) is 4.55. The fourth-order valence-corrected chi connectivity index (χ4v) is 4.31. The van der Waals surface area contributed by atoms with Crippen molar-refractivity contribution in [2.75, 3.05) is 0 Å². The average Bonchev–Trinajstić information content (AvgIpc) is 2.72. The van der Waals surface area contributed by atoms with E-state index in [0.29, 0.717) is 0 Å². The molecule has 2 rings (SSSR count). The zero-order valence-electron chi connectivity index (χ0n) is 8.64. The highest BCUT2D eigenvalue weighted by Crippen LogP contribution is 2.33. The van der Waals surface area contributed by atoms with E-state index >= 15 is 0 Å². The highest BCUT2D eigenvalue weighted by molar-refractivity contribution is 9.11. The fourth-order valence-electron chi connectivity index (χ4n) is 1.26.